The van der Waals surface area contributed by atoms with Crippen LogP contribution in [0.25, 0.3) is 11.1 Å². The van der Waals surface area contributed by atoms with Gasteiger partial charge in [-0.3, -0.25) is 4.79 Å². The summed E-state index contributed by atoms with van der Waals surface area (Å²) in [5, 5.41) is 0.206. The maximum atomic E-state index is 14.0. The first-order valence-corrected chi connectivity index (χ1v) is 12.5. The van der Waals surface area contributed by atoms with Crippen molar-refractivity contribution < 1.29 is 13.9 Å². The van der Waals surface area contributed by atoms with Crippen LogP contribution in [0.4, 0.5) is 10.2 Å². The minimum atomic E-state index is -0.666. The van der Waals surface area contributed by atoms with Gasteiger partial charge in [0.05, 0.1) is 5.02 Å². The van der Waals surface area contributed by atoms with Gasteiger partial charge in [-0.15, -0.1) is 0 Å². The Hall–Kier alpha value is -2.83. The number of carbonyl (C=O) groups is 1. The summed E-state index contributed by atoms with van der Waals surface area (Å²) in [7, 11) is 0. The molecule has 1 aliphatic heterocycles. The Morgan fingerprint density at radius 3 is 2.66 bits per heavy atom. The predicted molar refractivity (Wildman–Crippen MR) is 139 cm³/mol. The molecule has 1 saturated heterocycles. The first-order valence-electron chi connectivity index (χ1n) is 11.8. The Kier molecular flexibility index (Phi) is 7.82. The largest absolute Gasteiger partial charge is 0.482 e. The number of nitrogens with zero attached hydrogens (tertiary/aromatic N) is 2. The Morgan fingerprint density at radius 2 is 1.94 bits per heavy atom. The molecule has 2 aromatic carbocycles. The highest BCUT2D eigenvalue weighted by Gasteiger charge is 2.26. The van der Waals surface area contributed by atoms with Crippen LogP contribution >= 0.6 is 23.2 Å². The number of likely N-dealkylation sites (tertiary alicyclic amines) is 1. The second-order valence-electron chi connectivity index (χ2n) is 8.76. The van der Waals surface area contributed by atoms with Crippen LogP contribution in [0, 0.1) is 5.82 Å². The van der Waals surface area contributed by atoms with E-state index in [9.17, 15) is 9.18 Å². The topological polar surface area (TPSA) is 68.5 Å². The molecule has 1 aliphatic rings. The zero-order valence-corrected chi connectivity index (χ0v) is 21.2. The second kappa shape index (κ2) is 10.8. The molecule has 5 nitrogen and oxygen atoms in total. The molecule has 2 atom stereocenters. The summed E-state index contributed by atoms with van der Waals surface area (Å²) in [5.74, 6) is 0.00319. The molecule has 2 N–H and O–H groups in total. The third kappa shape index (κ3) is 5.39. The number of amides is 1. The van der Waals surface area contributed by atoms with Crippen LogP contribution in [0.2, 0.25) is 10.0 Å². The van der Waals surface area contributed by atoms with Crippen LogP contribution < -0.4 is 10.5 Å². The number of hydrogen-bond acceptors (Lipinski definition) is 4. The number of nitrogens with two attached hydrogens (primary N) is 1. The first kappa shape index (κ1) is 25.3. The van der Waals surface area contributed by atoms with Crippen molar-refractivity contribution in [3.8, 4) is 16.9 Å². The molecular weight excluding hydrogens is 488 g/mol. The zero-order chi connectivity index (χ0) is 25.1. The van der Waals surface area contributed by atoms with Crippen LogP contribution in [0.5, 0.6) is 5.75 Å². The second-order valence-corrected chi connectivity index (χ2v) is 9.54. The number of ether oxygens (including phenoxy) is 1. The van der Waals surface area contributed by atoms with E-state index in [-0.39, 0.29) is 16.7 Å². The molecule has 0 saturated carbocycles. The number of aromatic nitrogens is 1. The number of carbonyl (C=O) groups excluding carboxylic acids is 1. The fourth-order valence-electron chi connectivity index (χ4n) is 4.54. The van der Waals surface area contributed by atoms with Crippen LogP contribution in [0.15, 0.2) is 48.7 Å². The average Bonchev–Trinajstić information content (AvgIpc) is 2.87. The van der Waals surface area contributed by atoms with Gasteiger partial charge in [0.15, 0.2) is 11.6 Å². The quantitative estimate of drug-likeness (QED) is 0.349. The number of rotatable bonds is 6. The summed E-state index contributed by atoms with van der Waals surface area (Å²) in [4.78, 5) is 19.3. The molecule has 35 heavy (non-hydrogen) atoms. The van der Waals surface area contributed by atoms with Crippen LogP contribution in [-0.2, 0) is 0 Å². The van der Waals surface area contributed by atoms with Gasteiger partial charge in [-0.2, -0.15) is 0 Å². The lowest BCUT2D eigenvalue weighted by atomic mass is 9.98. The summed E-state index contributed by atoms with van der Waals surface area (Å²) >= 11 is 12.4. The van der Waals surface area contributed by atoms with E-state index < -0.39 is 11.9 Å². The van der Waals surface area contributed by atoms with Crippen molar-refractivity contribution in [2.24, 2.45) is 0 Å². The van der Waals surface area contributed by atoms with Crippen molar-refractivity contribution in [3.05, 3.63) is 75.7 Å². The van der Waals surface area contributed by atoms with Gasteiger partial charge in [0.25, 0.3) is 5.91 Å². The minimum Gasteiger partial charge on any atom is -0.482 e. The van der Waals surface area contributed by atoms with Crippen molar-refractivity contribution in [2.75, 3.05) is 12.3 Å². The number of anilines is 1. The zero-order valence-electron chi connectivity index (χ0n) is 19.7. The maximum absolute atomic E-state index is 14.0. The van der Waals surface area contributed by atoms with Gasteiger partial charge in [-0.05, 0) is 68.5 Å². The Labute approximate surface area is 215 Å². The van der Waals surface area contributed by atoms with E-state index in [0.717, 1.165) is 36.9 Å². The van der Waals surface area contributed by atoms with Crippen molar-refractivity contribution in [1.82, 2.24) is 9.88 Å². The van der Waals surface area contributed by atoms with E-state index in [4.69, 9.17) is 33.7 Å². The molecule has 0 unspecified atom stereocenters. The number of benzene rings is 2. The third-order valence-corrected chi connectivity index (χ3v) is 7.21. The highest BCUT2D eigenvalue weighted by molar-refractivity contribution is 6.36. The molecule has 1 amide bonds. The van der Waals surface area contributed by atoms with E-state index >= 15 is 0 Å². The summed E-state index contributed by atoms with van der Waals surface area (Å²) < 4.78 is 20.0. The van der Waals surface area contributed by atoms with Gasteiger partial charge in [0, 0.05) is 40.5 Å². The summed E-state index contributed by atoms with van der Waals surface area (Å²) in [6.45, 7) is 4.65. The number of pyridine rings is 1. The van der Waals surface area contributed by atoms with Crippen LogP contribution in [0.3, 0.4) is 0 Å². The van der Waals surface area contributed by atoms with Gasteiger partial charge in [-0.25, -0.2) is 9.37 Å². The SMILES string of the molecule is CC[C@H]1CCCCN1C(=O)c1ccc(-c2cnc(N)c(O[C@@H](C)c3c(Cl)ccc(F)c3Cl)c2)cc1. The van der Waals surface area contributed by atoms with Crippen molar-refractivity contribution in [3.63, 3.8) is 0 Å². The monoisotopic (exact) mass is 515 g/mol. The molecule has 3 aromatic rings. The molecule has 4 rings (SSSR count). The number of halogens is 3. The highest BCUT2D eigenvalue weighted by atomic mass is 35.5. The van der Waals surface area contributed by atoms with E-state index in [0.29, 0.717) is 27.9 Å². The minimum absolute atomic E-state index is 0.0697. The number of piperidine rings is 1. The Morgan fingerprint density at radius 1 is 1.20 bits per heavy atom. The fraction of sp³-hybridized carbons (Fsp3) is 0.333. The lowest BCUT2D eigenvalue weighted by molar-refractivity contribution is 0.0608. The molecule has 184 valence electrons. The van der Waals surface area contributed by atoms with Crippen molar-refractivity contribution >= 4 is 34.9 Å². The van der Waals surface area contributed by atoms with Gasteiger partial charge >= 0.3 is 0 Å². The van der Waals surface area contributed by atoms with Gasteiger partial charge in [0.1, 0.15) is 11.9 Å². The van der Waals surface area contributed by atoms with Crippen molar-refractivity contribution in [1.29, 1.82) is 0 Å². The summed E-state index contributed by atoms with van der Waals surface area (Å²) in [6.07, 6.45) is 5.22. The predicted octanol–water partition coefficient (Wildman–Crippen LogP) is 7.32. The molecule has 8 heteroatoms. The molecular formula is C27H28Cl2FN3O2. The first-order chi connectivity index (χ1) is 16.8. The average molecular weight is 516 g/mol. The van der Waals surface area contributed by atoms with Gasteiger partial charge in [-0.1, -0.05) is 42.3 Å². The van der Waals surface area contributed by atoms with Crippen LogP contribution in [0.1, 0.15) is 61.6 Å². The summed E-state index contributed by atoms with van der Waals surface area (Å²) in [5.41, 5.74) is 8.67. The number of nitrogen functional groups attached to an aromatic ring is 1. The molecule has 1 fully saturated rings. The molecule has 0 bridgehead atoms. The highest BCUT2D eigenvalue weighted by Crippen LogP contribution is 2.37. The lowest BCUT2D eigenvalue weighted by Crippen LogP contribution is -2.43. The number of hydrogen-bond donors (Lipinski definition) is 1. The lowest BCUT2D eigenvalue weighted by Gasteiger charge is -2.35. The molecule has 0 radical (unpaired) electrons. The Bertz CT molecular complexity index is 1220. The standard InChI is InChI=1S/C27H28Cl2FN3O2/c1-3-20-6-4-5-13-33(20)27(34)18-9-7-17(8-10-18)19-14-23(26(31)32-15-19)35-16(2)24-21(28)11-12-22(30)25(24)29/h7-12,14-16,20H,3-6,13H2,1-2H3,(H2,31,32)/t16-,20-/m0/s1. The van der Waals surface area contributed by atoms with Crippen LogP contribution in [-0.4, -0.2) is 28.4 Å². The van der Waals surface area contributed by atoms with Gasteiger partial charge < -0.3 is 15.4 Å². The summed E-state index contributed by atoms with van der Waals surface area (Å²) in [6, 6.07) is 12.2. The van der Waals surface area contributed by atoms with E-state index in [1.807, 2.05) is 29.2 Å². The normalized spacial score (nSPS) is 16.7. The van der Waals surface area contributed by atoms with E-state index in [1.165, 1.54) is 18.6 Å². The smallest absolute Gasteiger partial charge is 0.254 e. The maximum Gasteiger partial charge on any atom is 0.254 e. The van der Waals surface area contributed by atoms with Gasteiger partial charge in [0.2, 0.25) is 0 Å². The molecule has 0 aliphatic carbocycles. The van der Waals surface area contributed by atoms with E-state index in [1.54, 1.807) is 19.2 Å². The van der Waals surface area contributed by atoms with Crippen molar-refractivity contribution in [2.45, 2.75) is 51.7 Å². The Balaban J connectivity index is 1.55. The fourth-order valence-corrected chi connectivity index (χ4v) is 5.21. The molecule has 0 spiro atoms. The third-order valence-electron chi connectivity index (χ3n) is 6.50. The van der Waals surface area contributed by atoms with E-state index in [2.05, 4.69) is 11.9 Å². The molecule has 2 heterocycles. The molecule has 1 aromatic heterocycles.